The number of hydrogen-bond acceptors (Lipinski definition) is 3. The highest BCUT2D eigenvalue weighted by molar-refractivity contribution is 5.83. The van der Waals surface area contributed by atoms with Gasteiger partial charge < -0.3 is 5.11 Å². The second kappa shape index (κ2) is 4.13. The lowest BCUT2D eigenvalue weighted by atomic mass is 10.3. The molecule has 5 nitrogen and oxygen atoms in total. The monoisotopic (exact) mass is 257 g/mol. The van der Waals surface area contributed by atoms with E-state index in [-0.39, 0.29) is 11.5 Å². The number of aromatic carboxylic acids is 1. The number of carbonyl (C=O) groups is 1. The Hall–Kier alpha value is -2.38. The van der Waals surface area contributed by atoms with Crippen molar-refractivity contribution in [3.63, 3.8) is 0 Å². The summed E-state index contributed by atoms with van der Waals surface area (Å²) in [6.45, 7) is 1.40. The molecule has 0 aliphatic rings. The molecule has 0 bridgehead atoms. The van der Waals surface area contributed by atoms with Crippen LogP contribution in [0.25, 0.3) is 5.69 Å². The number of aromatic nitrogens is 3. The third-order valence-electron chi connectivity index (χ3n) is 2.17. The van der Waals surface area contributed by atoms with E-state index < -0.39 is 29.2 Å². The molecule has 1 heterocycles. The zero-order valence-electron chi connectivity index (χ0n) is 8.99. The molecule has 0 fully saturated rings. The van der Waals surface area contributed by atoms with E-state index in [4.69, 9.17) is 5.11 Å². The van der Waals surface area contributed by atoms with E-state index >= 15 is 0 Å². The number of carboxylic acids is 1. The van der Waals surface area contributed by atoms with Crippen LogP contribution >= 0.6 is 0 Å². The standard InChI is InChI=1S/C10H6F3N3O2/c1-4-14-9(10(17)18)15-16(4)5-2-6(11)8(13)7(12)3-5/h2-3H,1H3,(H,17,18). The summed E-state index contributed by atoms with van der Waals surface area (Å²) in [6.07, 6.45) is 0. The third-order valence-corrected chi connectivity index (χ3v) is 2.17. The van der Waals surface area contributed by atoms with Crippen molar-refractivity contribution in [2.45, 2.75) is 6.92 Å². The maximum atomic E-state index is 13.0. The fourth-order valence-corrected chi connectivity index (χ4v) is 1.39. The van der Waals surface area contributed by atoms with Crippen molar-refractivity contribution in [1.29, 1.82) is 0 Å². The van der Waals surface area contributed by atoms with Gasteiger partial charge in [-0.2, -0.15) is 0 Å². The molecule has 1 N–H and O–H groups in total. The first kappa shape index (κ1) is 12.1. The third kappa shape index (κ3) is 1.92. The lowest BCUT2D eigenvalue weighted by Crippen LogP contribution is -2.04. The molecule has 18 heavy (non-hydrogen) atoms. The average molecular weight is 257 g/mol. The normalized spacial score (nSPS) is 10.7. The van der Waals surface area contributed by atoms with Crippen LogP contribution in [0.2, 0.25) is 0 Å². The van der Waals surface area contributed by atoms with Gasteiger partial charge in [-0.25, -0.2) is 27.6 Å². The maximum absolute atomic E-state index is 13.0. The molecule has 0 spiro atoms. The summed E-state index contributed by atoms with van der Waals surface area (Å²) in [7, 11) is 0. The molecule has 8 heteroatoms. The van der Waals surface area contributed by atoms with Crippen molar-refractivity contribution in [1.82, 2.24) is 14.8 Å². The fraction of sp³-hybridized carbons (Fsp3) is 0.100. The second-order valence-corrected chi connectivity index (χ2v) is 3.42. The first-order valence-corrected chi connectivity index (χ1v) is 4.72. The Morgan fingerprint density at radius 3 is 2.28 bits per heavy atom. The predicted octanol–water partition coefficient (Wildman–Crippen LogP) is 1.69. The summed E-state index contributed by atoms with van der Waals surface area (Å²) in [5.74, 6) is -6.17. The minimum Gasteiger partial charge on any atom is -0.475 e. The largest absolute Gasteiger partial charge is 0.475 e. The number of benzene rings is 1. The van der Waals surface area contributed by atoms with Crippen molar-refractivity contribution in [3.8, 4) is 5.69 Å². The van der Waals surface area contributed by atoms with E-state index in [1.165, 1.54) is 6.92 Å². The lowest BCUT2D eigenvalue weighted by molar-refractivity contribution is 0.0683. The van der Waals surface area contributed by atoms with Gasteiger partial charge >= 0.3 is 5.97 Å². The average Bonchev–Trinajstić information content (AvgIpc) is 2.68. The molecule has 0 radical (unpaired) electrons. The van der Waals surface area contributed by atoms with Gasteiger partial charge in [-0.15, -0.1) is 5.10 Å². The van der Waals surface area contributed by atoms with Crippen molar-refractivity contribution >= 4 is 5.97 Å². The van der Waals surface area contributed by atoms with E-state index in [2.05, 4.69) is 10.1 Å². The highest BCUT2D eigenvalue weighted by Crippen LogP contribution is 2.17. The van der Waals surface area contributed by atoms with E-state index in [1.54, 1.807) is 0 Å². The molecule has 2 rings (SSSR count). The Labute approximate surface area is 98.5 Å². The molecule has 0 saturated carbocycles. The first-order chi connectivity index (χ1) is 8.40. The summed E-state index contributed by atoms with van der Waals surface area (Å²) < 4.78 is 39.7. The number of aryl methyl sites for hydroxylation is 1. The van der Waals surface area contributed by atoms with Crippen molar-refractivity contribution in [2.24, 2.45) is 0 Å². The van der Waals surface area contributed by atoms with Gasteiger partial charge in [0.2, 0.25) is 0 Å². The van der Waals surface area contributed by atoms with E-state index in [0.29, 0.717) is 12.1 Å². The number of rotatable bonds is 2. The van der Waals surface area contributed by atoms with Crippen molar-refractivity contribution in [2.75, 3.05) is 0 Å². The molecule has 94 valence electrons. The predicted molar refractivity (Wildman–Crippen MR) is 52.9 cm³/mol. The lowest BCUT2D eigenvalue weighted by Gasteiger charge is -2.04. The van der Waals surface area contributed by atoms with E-state index in [9.17, 15) is 18.0 Å². The first-order valence-electron chi connectivity index (χ1n) is 4.72. The van der Waals surface area contributed by atoms with Gasteiger partial charge in [0, 0.05) is 12.1 Å². The molecular weight excluding hydrogens is 251 g/mol. The molecular formula is C10H6F3N3O2. The zero-order valence-corrected chi connectivity index (χ0v) is 8.99. The van der Waals surface area contributed by atoms with E-state index in [0.717, 1.165) is 4.68 Å². The smallest absolute Gasteiger partial charge is 0.375 e. The Balaban J connectivity index is 2.58. The Morgan fingerprint density at radius 1 is 1.28 bits per heavy atom. The molecule has 0 saturated heterocycles. The van der Waals surface area contributed by atoms with Gasteiger partial charge in [-0.05, 0) is 6.92 Å². The Kier molecular flexibility index (Phi) is 2.77. The zero-order chi connectivity index (χ0) is 13.4. The summed E-state index contributed by atoms with van der Waals surface area (Å²) >= 11 is 0. The fourth-order valence-electron chi connectivity index (χ4n) is 1.39. The molecule has 0 unspecified atom stereocenters. The van der Waals surface area contributed by atoms with Crippen LogP contribution in [0.3, 0.4) is 0 Å². The molecule has 0 atom stereocenters. The number of nitrogens with zero attached hydrogens (tertiary/aromatic N) is 3. The minimum absolute atomic E-state index is 0.109. The van der Waals surface area contributed by atoms with Crippen LogP contribution in [0.1, 0.15) is 16.4 Å². The minimum atomic E-state index is -1.60. The summed E-state index contributed by atoms with van der Waals surface area (Å²) in [5.41, 5.74) is -0.149. The van der Waals surface area contributed by atoms with Gasteiger partial charge in [0.1, 0.15) is 5.82 Å². The van der Waals surface area contributed by atoms with Gasteiger partial charge in [0.05, 0.1) is 5.69 Å². The van der Waals surface area contributed by atoms with Gasteiger partial charge in [0.25, 0.3) is 5.82 Å². The number of carboxylic acid groups (broad SMARTS) is 1. The van der Waals surface area contributed by atoms with Crippen LogP contribution in [0, 0.1) is 24.4 Å². The molecule has 0 aliphatic carbocycles. The summed E-state index contributed by atoms with van der Waals surface area (Å²) in [4.78, 5) is 14.2. The van der Waals surface area contributed by atoms with Crippen molar-refractivity contribution in [3.05, 3.63) is 41.2 Å². The topological polar surface area (TPSA) is 68.0 Å². The van der Waals surface area contributed by atoms with Crippen LogP contribution in [-0.4, -0.2) is 25.8 Å². The number of hydrogen-bond donors (Lipinski definition) is 1. The molecule has 0 aliphatic heterocycles. The highest BCUT2D eigenvalue weighted by atomic mass is 19.2. The van der Waals surface area contributed by atoms with Gasteiger partial charge in [-0.1, -0.05) is 0 Å². The second-order valence-electron chi connectivity index (χ2n) is 3.42. The summed E-state index contributed by atoms with van der Waals surface area (Å²) in [6, 6.07) is 1.40. The van der Waals surface area contributed by atoms with Crippen LogP contribution < -0.4 is 0 Å². The maximum Gasteiger partial charge on any atom is 0.375 e. The van der Waals surface area contributed by atoms with Crippen LogP contribution in [0.5, 0.6) is 0 Å². The quantitative estimate of drug-likeness (QED) is 0.831. The Morgan fingerprint density at radius 2 is 1.83 bits per heavy atom. The Bertz CT molecular complexity index is 616. The summed E-state index contributed by atoms with van der Waals surface area (Å²) in [5, 5.41) is 12.2. The molecule has 2 aromatic rings. The van der Waals surface area contributed by atoms with Gasteiger partial charge in [-0.3, -0.25) is 0 Å². The van der Waals surface area contributed by atoms with E-state index in [1.807, 2.05) is 0 Å². The molecule has 0 amide bonds. The van der Waals surface area contributed by atoms with Crippen molar-refractivity contribution < 1.29 is 23.1 Å². The molecule has 1 aromatic carbocycles. The van der Waals surface area contributed by atoms with Crippen LogP contribution in [0.15, 0.2) is 12.1 Å². The van der Waals surface area contributed by atoms with Gasteiger partial charge in [0.15, 0.2) is 17.5 Å². The SMILES string of the molecule is Cc1nc(C(=O)O)nn1-c1cc(F)c(F)c(F)c1. The highest BCUT2D eigenvalue weighted by Gasteiger charge is 2.17. The number of halogens is 3. The van der Waals surface area contributed by atoms with Crippen LogP contribution in [0.4, 0.5) is 13.2 Å². The molecule has 1 aromatic heterocycles. The van der Waals surface area contributed by atoms with Crippen LogP contribution in [-0.2, 0) is 0 Å².